The van der Waals surface area contributed by atoms with Crippen molar-refractivity contribution in [3.63, 3.8) is 0 Å². The molecule has 0 heterocycles. The Morgan fingerprint density at radius 1 is 0.889 bits per heavy atom. The summed E-state index contributed by atoms with van der Waals surface area (Å²) in [5, 5.41) is 28.2. The second-order valence-corrected chi connectivity index (χ2v) is 7.09. The number of carbonyl (C=O) groups excluding carboxylic acids is 1. The molecule has 0 bridgehead atoms. The average Bonchev–Trinajstić information content (AvgIpc) is 2.59. The maximum Gasteiger partial charge on any atom is 0.224 e. The van der Waals surface area contributed by atoms with Gasteiger partial charge in [0, 0.05) is 10.9 Å². The third-order valence-electron chi connectivity index (χ3n) is 4.30. The fourth-order valence-corrected chi connectivity index (χ4v) is 2.71. The molecule has 0 aliphatic carbocycles. The summed E-state index contributed by atoms with van der Waals surface area (Å²) in [6.07, 6.45) is 18.4. The summed E-state index contributed by atoms with van der Waals surface area (Å²) >= 11 is 0. The highest BCUT2D eigenvalue weighted by atomic mass is 16.6. The van der Waals surface area contributed by atoms with E-state index < -0.39 is 10.9 Å². The van der Waals surface area contributed by atoms with Gasteiger partial charge < -0.3 is 15.0 Å². The number of carbonyl (C=O) groups is 1. The molecule has 0 radical (unpaired) electrons. The molecule has 0 spiro atoms. The van der Waals surface area contributed by atoms with Crippen LogP contribution in [0.25, 0.3) is 0 Å². The summed E-state index contributed by atoms with van der Waals surface area (Å²) in [7, 11) is 0. The van der Waals surface area contributed by atoms with Crippen LogP contribution in [-0.4, -0.2) is 29.2 Å². The van der Waals surface area contributed by atoms with Crippen molar-refractivity contribution in [2.45, 2.75) is 104 Å². The highest BCUT2D eigenvalue weighted by Gasteiger charge is 1.96. The van der Waals surface area contributed by atoms with Crippen LogP contribution in [0.4, 0.5) is 0 Å². The number of nitro groups is 1. The van der Waals surface area contributed by atoms with Crippen LogP contribution in [0.1, 0.15) is 104 Å². The summed E-state index contributed by atoms with van der Waals surface area (Å²) in [4.78, 5) is 19.5. The van der Waals surface area contributed by atoms with Crippen molar-refractivity contribution in [3.05, 3.63) is 21.8 Å². The van der Waals surface area contributed by atoms with Crippen molar-refractivity contribution in [2.24, 2.45) is 0 Å². The zero-order valence-electron chi connectivity index (χ0n) is 17.4. The second-order valence-electron chi connectivity index (χ2n) is 7.09. The predicted molar refractivity (Wildman–Crippen MR) is 108 cm³/mol. The van der Waals surface area contributed by atoms with Gasteiger partial charge in [0.2, 0.25) is 6.54 Å². The molecule has 0 aromatic heterocycles. The summed E-state index contributed by atoms with van der Waals surface area (Å²) in [6.45, 7) is 3.56. The molecule has 1 N–H and O–H groups in total. The number of aliphatic carboxylic acids is 1. The van der Waals surface area contributed by atoms with Crippen molar-refractivity contribution >= 4 is 5.97 Å². The quantitative estimate of drug-likeness (QED) is 0.172. The molecular formula is C21H40NO5-. The molecule has 0 aromatic carbocycles. The molecule has 6 nitrogen and oxygen atoms in total. The normalized spacial score (nSPS) is 11.0. The van der Waals surface area contributed by atoms with Crippen LogP contribution in [-0.2, 0) is 4.79 Å². The molecule has 0 rings (SSSR count). The van der Waals surface area contributed by atoms with Gasteiger partial charge in [0.05, 0.1) is 6.61 Å². The van der Waals surface area contributed by atoms with E-state index in [-0.39, 0.29) is 19.6 Å². The number of hydrogen-bond donors (Lipinski definition) is 1. The van der Waals surface area contributed by atoms with Gasteiger partial charge in [-0.25, -0.2) is 0 Å². The summed E-state index contributed by atoms with van der Waals surface area (Å²) < 4.78 is 0. The molecule has 160 valence electrons. The minimum atomic E-state index is -0.905. The third-order valence-corrected chi connectivity index (χ3v) is 4.30. The molecule has 0 amide bonds. The van der Waals surface area contributed by atoms with Crippen molar-refractivity contribution in [2.75, 3.05) is 13.2 Å². The fourth-order valence-electron chi connectivity index (χ4n) is 2.71. The zero-order chi connectivity index (χ0) is 20.8. The first-order chi connectivity index (χ1) is 12.9. The lowest BCUT2D eigenvalue weighted by molar-refractivity contribution is -0.470. The van der Waals surface area contributed by atoms with Crippen LogP contribution in [0.15, 0.2) is 11.6 Å². The molecule has 0 unspecified atom stereocenters. The van der Waals surface area contributed by atoms with E-state index >= 15 is 0 Å². The van der Waals surface area contributed by atoms with E-state index in [4.69, 9.17) is 5.11 Å². The highest BCUT2D eigenvalue weighted by Crippen LogP contribution is 2.12. The lowest BCUT2D eigenvalue weighted by Crippen LogP contribution is -2.21. The van der Waals surface area contributed by atoms with Crippen LogP contribution in [0.5, 0.6) is 0 Å². The number of aliphatic hydroxyl groups is 1. The molecule has 0 saturated heterocycles. The lowest BCUT2D eigenvalue weighted by atomic mass is 10.0. The number of unbranched alkanes of at least 4 members (excludes halogenated alkanes) is 12. The molecule has 0 fully saturated rings. The van der Waals surface area contributed by atoms with E-state index in [0.29, 0.717) is 5.57 Å². The van der Waals surface area contributed by atoms with Gasteiger partial charge in [0.15, 0.2) is 0 Å². The maximum absolute atomic E-state index is 10.2. The monoisotopic (exact) mass is 386 g/mol. The van der Waals surface area contributed by atoms with Crippen LogP contribution < -0.4 is 5.11 Å². The second kappa shape index (κ2) is 22.6. The first-order valence-electron chi connectivity index (χ1n) is 10.5. The van der Waals surface area contributed by atoms with E-state index in [2.05, 4.69) is 6.92 Å². The van der Waals surface area contributed by atoms with Crippen molar-refractivity contribution in [3.8, 4) is 0 Å². The van der Waals surface area contributed by atoms with Gasteiger partial charge in [0.25, 0.3) is 0 Å². The molecule has 0 saturated carbocycles. The van der Waals surface area contributed by atoms with Gasteiger partial charge >= 0.3 is 0 Å². The van der Waals surface area contributed by atoms with Crippen molar-refractivity contribution in [1.82, 2.24) is 0 Å². The average molecular weight is 387 g/mol. The Morgan fingerprint density at radius 3 is 1.63 bits per heavy atom. The molecule has 0 atom stereocenters. The van der Waals surface area contributed by atoms with E-state index in [1.165, 1.54) is 76.7 Å². The molecule has 27 heavy (non-hydrogen) atoms. The first kappa shape index (κ1) is 27.8. The minimum Gasteiger partial charge on any atom is -0.550 e. The summed E-state index contributed by atoms with van der Waals surface area (Å²) in [5.74, 6) is -0.905. The Labute approximate surface area is 165 Å². The minimum absolute atomic E-state index is 0.125. The van der Waals surface area contributed by atoms with Gasteiger partial charge in [-0.3, -0.25) is 10.1 Å². The van der Waals surface area contributed by atoms with E-state index in [0.717, 1.165) is 12.8 Å². The Bertz CT molecular complexity index is 383. The first-order valence-corrected chi connectivity index (χ1v) is 10.5. The van der Waals surface area contributed by atoms with E-state index in [1.54, 1.807) is 6.92 Å². The Balaban J connectivity index is 0. The van der Waals surface area contributed by atoms with Crippen molar-refractivity contribution in [1.29, 1.82) is 0 Å². The van der Waals surface area contributed by atoms with Crippen molar-refractivity contribution < 1.29 is 19.9 Å². The molecule has 0 aromatic rings. The zero-order valence-corrected chi connectivity index (χ0v) is 17.4. The largest absolute Gasteiger partial charge is 0.550 e. The van der Waals surface area contributed by atoms with Gasteiger partial charge in [-0.1, -0.05) is 90.0 Å². The number of rotatable bonds is 17. The highest BCUT2D eigenvalue weighted by molar-refractivity contribution is 5.63. The standard InChI is InChI=1S/C16H32O2.C5H9NO3/c1-2-3-4-5-6-7-8-9-10-11-12-13-14-15-16(17)18;1-5(2-3-7)4-6(8)9/h2-15H2,1H3,(H,17,18);2,7H,3-4H2,1H3/p-1. The number of nitrogens with zero attached hydrogens (tertiary/aromatic N) is 1. The third kappa shape index (κ3) is 29.6. The lowest BCUT2D eigenvalue weighted by Gasteiger charge is -2.03. The molecule has 0 aliphatic rings. The SMILES string of the molecule is CC(=CCO)C[N+](=O)[O-].CCCCCCCCCCCCCCCC(=O)[O-]. The number of hydrogen-bond acceptors (Lipinski definition) is 5. The van der Waals surface area contributed by atoms with Crippen LogP contribution in [0.3, 0.4) is 0 Å². The van der Waals surface area contributed by atoms with Crippen LogP contribution in [0.2, 0.25) is 0 Å². The van der Waals surface area contributed by atoms with Gasteiger partial charge in [-0.05, 0) is 25.3 Å². The molecule has 0 aliphatic heterocycles. The van der Waals surface area contributed by atoms with Gasteiger partial charge in [-0.15, -0.1) is 0 Å². The Kier molecular flexibility index (Phi) is 23.3. The predicted octanol–water partition coefficient (Wildman–Crippen LogP) is 4.42. The number of carboxylic acid groups (broad SMARTS) is 1. The number of aliphatic hydroxyl groups excluding tert-OH is 1. The van der Waals surface area contributed by atoms with Gasteiger partial charge in [0.1, 0.15) is 0 Å². The molecular weight excluding hydrogens is 346 g/mol. The van der Waals surface area contributed by atoms with E-state index in [1.807, 2.05) is 0 Å². The summed E-state index contributed by atoms with van der Waals surface area (Å²) in [5.41, 5.74) is 0.586. The van der Waals surface area contributed by atoms with E-state index in [9.17, 15) is 20.0 Å². The molecule has 6 heteroatoms. The fraction of sp³-hybridized carbons (Fsp3) is 0.857. The van der Waals surface area contributed by atoms with Crippen LogP contribution in [0, 0.1) is 10.1 Å². The summed E-state index contributed by atoms with van der Waals surface area (Å²) in [6, 6.07) is 0. The Morgan fingerprint density at radius 2 is 1.30 bits per heavy atom. The number of carboxylic acids is 1. The van der Waals surface area contributed by atoms with Gasteiger partial charge in [-0.2, -0.15) is 0 Å². The smallest absolute Gasteiger partial charge is 0.224 e. The Hall–Kier alpha value is -1.43. The maximum atomic E-state index is 10.2. The van der Waals surface area contributed by atoms with Crippen LogP contribution >= 0.6 is 0 Å². The topological polar surface area (TPSA) is 104 Å².